The molecule has 1 N–H and O–H groups in total. The topological polar surface area (TPSA) is 29.9 Å². The maximum atomic E-state index is 4.30. The molecule has 0 bridgehead atoms. The molecule has 1 aliphatic heterocycles. The minimum atomic E-state index is 0.556. The lowest BCUT2D eigenvalue weighted by Crippen LogP contribution is -2.28. The Morgan fingerprint density at radius 1 is 1.33 bits per heavy atom. The Morgan fingerprint density at radius 2 is 2.27 bits per heavy atom. The van der Waals surface area contributed by atoms with Gasteiger partial charge in [-0.25, -0.2) is 4.98 Å². The van der Waals surface area contributed by atoms with Crippen LogP contribution in [0.15, 0.2) is 12.5 Å². The Hall–Kier alpha value is -0.830. The second-order valence-electron chi connectivity index (χ2n) is 4.92. The van der Waals surface area contributed by atoms with Crippen LogP contribution in [0.5, 0.6) is 0 Å². The summed E-state index contributed by atoms with van der Waals surface area (Å²) in [6.07, 6.45) is 10.8. The molecule has 2 heterocycles. The SMILES string of the molecule is c1ncn(CC2CC2)c1C1CCCCN1. The van der Waals surface area contributed by atoms with Gasteiger partial charge in [-0.1, -0.05) is 6.42 Å². The Morgan fingerprint density at radius 3 is 3.00 bits per heavy atom. The van der Waals surface area contributed by atoms with Crippen LogP contribution in [-0.4, -0.2) is 16.1 Å². The molecule has 1 saturated carbocycles. The highest BCUT2D eigenvalue weighted by molar-refractivity contribution is 5.07. The van der Waals surface area contributed by atoms with Gasteiger partial charge in [0.15, 0.2) is 0 Å². The molecular weight excluding hydrogens is 186 g/mol. The van der Waals surface area contributed by atoms with Crippen LogP contribution in [0.25, 0.3) is 0 Å². The molecule has 1 saturated heterocycles. The van der Waals surface area contributed by atoms with E-state index in [1.165, 1.54) is 50.9 Å². The summed E-state index contributed by atoms with van der Waals surface area (Å²) < 4.78 is 2.36. The summed E-state index contributed by atoms with van der Waals surface area (Å²) in [6.45, 7) is 2.35. The van der Waals surface area contributed by atoms with Gasteiger partial charge in [-0.2, -0.15) is 0 Å². The zero-order valence-corrected chi connectivity index (χ0v) is 9.15. The van der Waals surface area contributed by atoms with Crippen molar-refractivity contribution in [1.82, 2.24) is 14.9 Å². The fourth-order valence-corrected chi connectivity index (χ4v) is 2.46. The second-order valence-corrected chi connectivity index (χ2v) is 4.92. The third-order valence-electron chi connectivity index (χ3n) is 3.56. The lowest BCUT2D eigenvalue weighted by atomic mass is 10.0. The molecule has 1 aromatic heterocycles. The van der Waals surface area contributed by atoms with Crippen LogP contribution >= 0.6 is 0 Å². The van der Waals surface area contributed by atoms with Crippen molar-refractivity contribution in [2.75, 3.05) is 6.54 Å². The molecule has 1 aliphatic carbocycles. The average Bonchev–Trinajstić information content (AvgIpc) is 2.96. The number of rotatable bonds is 3. The van der Waals surface area contributed by atoms with E-state index in [2.05, 4.69) is 14.9 Å². The molecule has 0 amide bonds. The van der Waals surface area contributed by atoms with Crippen molar-refractivity contribution < 1.29 is 0 Å². The Kier molecular flexibility index (Phi) is 2.49. The number of nitrogens with one attached hydrogen (secondary N) is 1. The van der Waals surface area contributed by atoms with Crippen LogP contribution in [0, 0.1) is 5.92 Å². The molecule has 1 aromatic rings. The van der Waals surface area contributed by atoms with E-state index in [1.54, 1.807) is 0 Å². The van der Waals surface area contributed by atoms with Crippen LogP contribution in [0.3, 0.4) is 0 Å². The van der Waals surface area contributed by atoms with Crippen LogP contribution in [0.2, 0.25) is 0 Å². The van der Waals surface area contributed by atoms with E-state index in [4.69, 9.17) is 0 Å². The quantitative estimate of drug-likeness (QED) is 0.819. The van der Waals surface area contributed by atoms with Crippen LogP contribution in [0.1, 0.15) is 43.8 Å². The molecule has 1 unspecified atom stereocenters. The summed E-state index contributed by atoms with van der Waals surface area (Å²) in [5.74, 6) is 0.932. The Bertz CT molecular complexity index is 321. The molecule has 0 spiro atoms. The van der Waals surface area contributed by atoms with Gasteiger partial charge in [0.2, 0.25) is 0 Å². The van der Waals surface area contributed by atoms with Crippen LogP contribution in [-0.2, 0) is 6.54 Å². The van der Waals surface area contributed by atoms with Gasteiger partial charge in [0.1, 0.15) is 0 Å². The lowest BCUT2D eigenvalue weighted by Gasteiger charge is -2.24. The van der Waals surface area contributed by atoms with Gasteiger partial charge in [0.05, 0.1) is 12.0 Å². The number of piperidine rings is 1. The molecule has 0 aromatic carbocycles. The van der Waals surface area contributed by atoms with Gasteiger partial charge < -0.3 is 9.88 Å². The number of aromatic nitrogens is 2. The van der Waals surface area contributed by atoms with Crippen molar-refractivity contribution in [3.8, 4) is 0 Å². The number of imidazole rings is 1. The van der Waals surface area contributed by atoms with Crippen molar-refractivity contribution in [1.29, 1.82) is 0 Å². The Labute approximate surface area is 90.9 Å². The predicted octanol–water partition coefficient (Wildman–Crippen LogP) is 2.11. The van der Waals surface area contributed by atoms with E-state index < -0.39 is 0 Å². The fourth-order valence-electron chi connectivity index (χ4n) is 2.46. The number of hydrogen-bond donors (Lipinski definition) is 1. The summed E-state index contributed by atoms with van der Waals surface area (Å²) in [4.78, 5) is 4.30. The lowest BCUT2D eigenvalue weighted by molar-refractivity contribution is 0.390. The van der Waals surface area contributed by atoms with Crippen molar-refractivity contribution in [3.05, 3.63) is 18.2 Å². The molecule has 2 fully saturated rings. The fraction of sp³-hybridized carbons (Fsp3) is 0.750. The van der Waals surface area contributed by atoms with Crippen LogP contribution < -0.4 is 5.32 Å². The third kappa shape index (κ3) is 2.07. The van der Waals surface area contributed by atoms with Gasteiger partial charge in [-0.05, 0) is 38.1 Å². The molecule has 1 atom stereocenters. The Balaban J connectivity index is 1.73. The first-order valence-corrected chi connectivity index (χ1v) is 6.17. The monoisotopic (exact) mass is 205 g/mol. The molecule has 3 nitrogen and oxygen atoms in total. The largest absolute Gasteiger partial charge is 0.333 e. The molecular formula is C12H19N3. The first-order valence-electron chi connectivity index (χ1n) is 6.17. The third-order valence-corrected chi connectivity index (χ3v) is 3.56. The maximum absolute atomic E-state index is 4.30. The summed E-state index contributed by atoms with van der Waals surface area (Å²) in [5, 5.41) is 3.59. The van der Waals surface area contributed by atoms with Gasteiger partial charge in [-0.15, -0.1) is 0 Å². The van der Waals surface area contributed by atoms with Crippen molar-refractivity contribution in [3.63, 3.8) is 0 Å². The smallest absolute Gasteiger partial charge is 0.0948 e. The standard InChI is InChI=1S/C12H19N3/c1-2-6-14-11(3-1)12-7-13-9-15(12)8-10-4-5-10/h7,9-11,14H,1-6,8H2. The van der Waals surface area contributed by atoms with E-state index in [-0.39, 0.29) is 0 Å². The highest BCUT2D eigenvalue weighted by Crippen LogP contribution is 2.32. The van der Waals surface area contributed by atoms with Gasteiger partial charge >= 0.3 is 0 Å². The van der Waals surface area contributed by atoms with Crippen LogP contribution in [0.4, 0.5) is 0 Å². The maximum Gasteiger partial charge on any atom is 0.0948 e. The zero-order chi connectivity index (χ0) is 10.1. The van der Waals surface area contributed by atoms with E-state index >= 15 is 0 Å². The minimum Gasteiger partial charge on any atom is -0.333 e. The summed E-state index contributed by atoms with van der Waals surface area (Å²) >= 11 is 0. The van der Waals surface area contributed by atoms with Crippen molar-refractivity contribution in [2.24, 2.45) is 5.92 Å². The highest BCUT2D eigenvalue weighted by atomic mass is 15.1. The predicted molar refractivity (Wildman–Crippen MR) is 59.5 cm³/mol. The minimum absolute atomic E-state index is 0.556. The van der Waals surface area contributed by atoms with E-state index in [0.717, 1.165) is 5.92 Å². The zero-order valence-electron chi connectivity index (χ0n) is 9.15. The normalized spacial score (nSPS) is 26.8. The molecule has 2 aliphatic rings. The first-order chi connectivity index (χ1) is 7.43. The van der Waals surface area contributed by atoms with Gasteiger partial charge in [0.25, 0.3) is 0 Å². The van der Waals surface area contributed by atoms with Gasteiger partial charge in [0, 0.05) is 18.8 Å². The van der Waals surface area contributed by atoms with Gasteiger partial charge in [-0.3, -0.25) is 0 Å². The molecule has 3 rings (SSSR count). The summed E-state index contributed by atoms with van der Waals surface area (Å²) in [5.41, 5.74) is 1.40. The number of nitrogens with zero attached hydrogens (tertiary/aromatic N) is 2. The number of hydrogen-bond acceptors (Lipinski definition) is 2. The summed E-state index contributed by atoms with van der Waals surface area (Å²) in [6, 6.07) is 0.556. The average molecular weight is 205 g/mol. The van der Waals surface area contributed by atoms with Crippen molar-refractivity contribution >= 4 is 0 Å². The van der Waals surface area contributed by atoms with E-state index in [1.807, 2.05) is 12.5 Å². The summed E-state index contributed by atoms with van der Waals surface area (Å²) in [7, 11) is 0. The van der Waals surface area contributed by atoms with E-state index in [0.29, 0.717) is 6.04 Å². The highest BCUT2D eigenvalue weighted by Gasteiger charge is 2.24. The molecule has 0 radical (unpaired) electrons. The molecule has 15 heavy (non-hydrogen) atoms. The molecule has 3 heteroatoms. The first kappa shape index (κ1) is 9.40. The van der Waals surface area contributed by atoms with E-state index in [9.17, 15) is 0 Å². The van der Waals surface area contributed by atoms with Crippen molar-refractivity contribution in [2.45, 2.75) is 44.7 Å². The molecule has 82 valence electrons. The second kappa shape index (κ2) is 3.97.